The maximum absolute atomic E-state index is 13.2. The van der Waals surface area contributed by atoms with Gasteiger partial charge in [0, 0.05) is 18.0 Å². The Morgan fingerprint density at radius 1 is 0.912 bits per heavy atom. The summed E-state index contributed by atoms with van der Waals surface area (Å²) in [6.45, 7) is 0. The number of aryl methyl sites for hydroxylation is 1. The van der Waals surface area contributed by atoms with E-state index in [0.717, 1.165) is 33.2 Å². The molecule has 2 heterocycles. The van der Waals surface area contributed by atoms with E-state index in [-0.39, 0.29) is 5.91 Å². The quantitative estimate of drug-likeness (QED) is 0.254. The van der Waals surface area contributed by atoms with Gasteiger partial charge in [-0.3, -0.25) is 4.79 Å². The average Bonchev–Trinajstić information content (AvgIpc) is 3.26. The van der Waals surface area contributed by atoms with Crippen LogP contribution in [0.5, 0.6) is 0 Å². The molecule has 2 aromatic carbocycles. The molecule has 0 aliphatic carbocycles. The van der Waals surface area contributed by atoms with Crippen molar-refractivity contribution in [3.8, 4) is 11.3 Å². The molecule has 2 aromatic heterocycles. The molecule has 0 bridgehead atoms. The number of hydrogen-bond acceptors (Lipinski definition) is 4. The molecule has 13 heteroatoms. The number of aromatic nitrogens is 4. The maximum Gasteiger partial charge on any atom is 0.242 e. The lowest BCUT2D eigenvalue weighted by Crippen LogP contribution is -2.56. The lowest BCUT2D eigenvalue weighted by atomic mass is 9.57. The summed E-state index contributed by atoms with van der Waals surface area (Å²) in [5.74, 6) is 0.250. The summed E-state index contributed by atoms with van der Waals surface area (Å²) in [6, 6.07) is 7.83. The minimum atomic E-state index is -0.177. The first-order valence-corrected chi connectivity index (χ1v) is 11.4. The third-order valence-corrected chi connectivity index (χ3v) is 7.22. The van der Waals surface area contributed by atoms with Gasteiger partial charge in [0.05, 0.1) is 23.7 Å². The summed E-state index contributed by atoms with van der Waals surface area (Å²) < 4.78 is 1.97. The van der Waals surface area contributed by atoms with E-state index >= 15 is 0 Å². The Bertz CT molecular complexity index is 1470. The van der Waals surface area contributed by atoms with Crippen molar-refractivity contribution in [2.24, 2.45) is 7.05 Å². The Morgan fingerprint density at radius 2 is 1.56 bits per heavy atom. The highest BCUT2D eigenvalue weighted by Crippen LogP contribution is 2.24. The fraction of sp³-hybridized carbons (Fsp3) is 0.0476. The molecule has 0 saturated carbocycles. The SMILES string of the molecule is B/C(C(=O)Nc1cc2cc(-c3cncn3C)ccc2nn1)=C(/B)c1c(B)c(B)c(B)c(B)c1B. The van der Waals surface area contributed by atoms with Gasteiger partial charge >= 0.3 is 0 Å². The van der Waals surface area contributed by atoms with Crippen molar-refractivity contribution in [2.75, 3.05) is 5.32 Å². The first kappa shape index (κ1) is 23.8. The van der Waals surface area contributed by atoms with Crippen LogP contribution in [0.2, 0.25) is 0 Å². The molecule has 0 aliphatic heterocycles. The molecule has 4 aromatic rings. The molecule has 0 aliphatic rings. The van der Waals surface area contributed by atoms with Gasteiger partial charge in [0.1, 0.15) is 54.9 Å². The second-order valence-electron chi connectivity index (χ2n) is 9.10. The molecule has 160 valence electrons. The molecule has 0 unspecified atom stereocenters. The van der Waals surface area contributed by atoms with E-state index in [0.29, 0.717) is 11.3 Å². The number of rotatable bonds is 4. The number of anilines is 1. The summed E-state index contributed by atoms with van der Waals surface area (Å²) in [4.78, 5) is 17.4. The molecule has 0 spiro atoms. The van der Waals surface area contributed by atoms with E-state index in [9.17, 15) is 4.79 Å². The lowest BCUT2D eigenvalue weighted by Gasteiger charge is -2.22. The summed E-state index contributed by atoms with van der Waals surface area (Å²) in [7, 11) is 16.6. The molecule has 34 heavy (non-hydrogen) atoms. The Balaban J connectivity index is 1.68. The van der Waals surface area contributed by atoms with Gasteiger partial charge in [-0.2, -0.15) is 0 Å². The first-order chi connectivity index (χ1) is 16.1. The highest BCUT2D eigenvalue weighted by molar-refractivity contribution is 6.70. The third-order valence-electron chi connectivity index (χ3n) is 7.22. The maximum atomic E-state index is 13.2. The van der Waals surface area contributed by atoms with Crippen molar-refractivity contribution < 1.29 is 4.79 Å². The molecule has 0 radical (unpaired) electrons. The van der Waals surface area contributed by atoms with Crippen molar-refractivity contribution in [3.05, 3.63) is 47.8 Å². The highest BCUT2D eigenvalue weighted by Gasteiger charge is 2.17. The van der Waals surface area contributed by atoms with Crippen LogP contribution >= 0.6 is 0 Å². The van der Waals surface area contributed by atoms with E-state index in [1.54, 1.807) is 6.33 Å². The zero-order valence-electron chi connectivity index (χ0n) is 21.2. The summed E-state index contributed by atoms with van der Waals surface area (Å²) in [5.41, 5.74) is 11.9. The monoisotopic (exact) mass is 439 g/mol. The van der Waals surface area contributed by atoms with Crippen LogP contribution in [0.15, 0.2) is 42.3 Å². The van der Waals surface area contributed by atoms with Gasteiger partial charge in [0.15, 0.2) is 5.82 Å². The van der Waals surface area contributed by atoms with E-state index in [1.807, 2.05) is 57.8 Å². The molecule has 0 saturated heterocycles. The third kappa shape index (κ3) is 4.15. The van der Waals surface area contributed by atoms with Gasteiger partial charge in [0.2, 0.25) is 5.91 Å². The molecular weight excluding hydrogens is 414 g/mol. The van der Waals surface area contributed by atoms with Crippen LogP contribution in [0.25, 0.3) is 27.6 Å². The summed E-state index contributed by atoms with van der Waals surface area (Å²) in [5, 5.41) is 12.4. The Kier molecular flexibility index (Phi) is 6.39. The predicted molar refractivity (Wildman–Crippen MR) is 162 cm³/mol. The summed E-state index contributed by atoms with van der Waals surface area (Å²) in [6.07, 6.45) is 3.60. The largest absolute Gasteiger partial charge is 0.334 e. The second kappa shape index (κ2) is 9.13. The van der Waals surface area contributed by atoms with Crippen molar-refractivity contribution >= 4 is 110 Å². The molecule has 4 rings (SSSR count). The molecular formula is C21H24B7N5O. The molecule has 1 amide bonds. The van der Waals surface area contributed by atoms with Gasteiger partial charge in [-0.1, -0.05) is 22.5 Å². The molecule has 1 N–H and O–H groups in total. The molecule has 6 nitrogen and oxygen atoms in total. The number of carbonyl (C=O) groups excluding carboxylic acids is 1. The average molecular weight is 438 g/mol. The van der Waals surface area contributed by atoms with Crippen LogP contribution in [0.3, 0.4) is 0 Å². The second-order valence-corrected chi connectivity index (χ2v) is 9.10. The molecule has 0 fully saturated rings. The zero-order chi connectivity index (χ0) is 24.7. The van der Waals surface area contributed by atoms with Crippen LogP contribution in [0, 0.1) is 0 Å². The summed E-state index contributed by atoms with van der Waals surface area (Å²) >= 11 is 0. The highest BCUT2D eigenvalue weighted by atomic mass is 16.1. The minimum Gasteiger partial charge on any atom is -0.334 e. The zero-order valence-corrected chi connectivity index (χ0v) is 21.2. The van der Waals surface area contributed by atoms with Gasteiger partial charge in [-0.05, 0) is 29.2 Å². The van der Waals surface area contributed by atoms with Crippen LogP contribution in [0.4, 0.5) is 5.82 Å². The van der Waals surface area contributed by atoms with Crippen LogP contribution in [-0.4, -0.2) is 80.6 Å². The van der Waals surface area contributed by atoms with Gasteiger partial charge in [-0.15, -0.1) is 26.6 Å². The minimum absolute atomic E-state index is 0.177. The first-order valence-electron chi connectivity index (χ1n) is 11.4. The number of amides is 1. The van der Waals surface area contributed by atoms with Gasteiger partial charge in [0.25, 0.3) is 0 Å². The Morgan fingerprint density at radius 3 is 2.18 bits per heavy atom. The van der Waals surface area contributed by atoms with Crippen molar-refractivity contribution in [1.29, 1.82) is 0 Å². The van der Waals surface area contributed by atoms with Crippen molar-refractivity contribution in [2.45, 2.75) is 0 Å². The fourth-order valence-electron chi connectivity index (χ4n) is 4.53. The smallest absolute Gasteiger partial charge is 0.242 e. The van der Waals surface area contributed by atoms with Crippen molar-refractivity contribution in [1.82, 2.24) is 19.7 Å². The Labute approximate surface area is 206 Å². The standard InChI is InChI=1S/C21H24B7N5O/c1-33-7-29-6-11(33)8-2-3-10-9(4-8)5-12(32-31-10)30-21(34)20(28)16(24)13-14(22)17(25)19(27)18(26)15(13)23/h2-7H,22-28H2,1H3,(H,30,32,34)/b20-16+. The number of benzene rings is 2. The topological polar surface area (TPSA) is 72.7 Å². The van der Waals surface area contributed by atoms with Crippen LogP contribution < -0.4 is 32.6 Å². The fourth-order valence-corrected chi connectivity index (χ4v) is 4.53. The Hall–Kier alpha value is -3.35. The molecule has 0 atom stereocenters. The number of hydrogen-bond donors (Lipinski definition) is 1. The van der Waals surface area contributed by atoms with E-state index in [2.05, 4.69) is 59.7 Å². The van der Waals surface area contributed by atoms with Gasteiger partial charge < -0.3 is 9.88 Å². The van der Waals surface area contributed by atoms with E-state index in [4.69, 9.17) is 0 Å². The van der Waals surface area contributed by atoms with E-state index in [1.165, 1.54) is 27.3 Å². The number of imidazole rings is 1. The number of fused-ring (bicyclic) bond motifs is 1. The van der Waals surface area contributed by atoms with Crippen LogP contribution in [-0.2, 0) is 11.8 Å². The van der Waals surface area contributed by atoms with Crippen molar-refractivity contribution in [3.63, 3.8) is 0 Å². The normalized spacial score (nSPS) is 11.9. The number of nitrogens with one attached hydrogen (secondary N) is 1. The van der Waals surface area contributed by atoms with E-state index < -0.39 is 0 Å². The van der Waals surface area contributed by atoms with Gasteiger partial charge in [-0.25, -0.2) is 4.98 Å². The number of carbonyl (C=O) groups is 1. The predicted octanol–water partition coefficient (Wildman–Crippen LogP) is -7.10. The number of nitrogens with zero attached hydrogens (tertiary/aromatic N) is 4. The lowest BCUT2D eigenvalue weighted by molar-refractivity contribution is -0.112. The van der Waals surface area contributed by atoms with Crippen LogP contribution in [0.1, 0.15) is 5.56 Å².